The molecule has 1 atom stereocenters. The van der Waals surface area contributed by atoms with Gasteiger partial charge in [-0.05, 0) is 43.6 Å². The Morgan fingerprint density at radius 2 is 2.00 bits per heavy atom. The van der Waals surface area contributed by atoms with E-state index >= 15 is 0 Å². The van der Waals surface area contributed by atoms with Crippen molar-refractivity contribution < 1.29 is 14.1 Å². The van der Waals surface area contributed by atoms with Crippen molar-refractivity contribution in [3.63, 3.8) is 0 Å². The molecule has 21 heavy (non-hydrogen) atoms. The van der Waals surface area contributed by atoms with E-state index in [1.54, 1.807) is 6.92 Å². The highest BCUT2D eigenvalue weighted by Crippen LogP contribution is 2.31. The summed E-state index contributed by atoms with van der Waals surface area (Å²) in [5, 5.41) is 16.4. The summed E-state index contributed by atoms with van der Waals surface area (Å²) in [4.78, 5) is 22.3. The van der Waals surface area contributed by atoms with Crippen LogP contribution in [0.25, 0.3) is 0 Å². The normalized spacial score (nSPS) is 12.7. The number of carbonyl (C=O) groups excluding carboxylic acids is 1. The van der Waals surface area contributed by atoms with E-state index < -0.39 is 22.3 Å². The Bertz CT molecular complexity index is 573. The molecule has 0 fully saturated rings. The van der Waals surface area contributed by atoms with Crippen molar-refractivity contribution in [2.75, 3.05) is 5.32 Å². The molecule has 1 amide bonds. The van der Waals surface area contributed by atoms with Crippen molar-refractivity contribution in [2.24, 2.45) is 0 Å². The van der Waals surface area contributed by atoms with Gasteiger partial charge in [0.15, 0.2) is 0 Å². The SMILES string of the molecule is CC(Nc1cc(F)c(Br)cc1[N+](=O)[O-])C(=O)NC(C)(C)C. The van der Waals surface area contributed by atoms with Gasteiger partial charge >= 0.3 is 0 Å². The Labute approximate surface area is 130 Å². The van der Waals surface area contributed by atoms with Gasteiger partial charge in [-0.2, -0.15) is 0 Å². The second-order valence-electron chi connectivity index (χ2n) is 5.65. The molecule has 1 rings (SSSR count). The molecule has 0 heterocycles. The smallest absolute Gasteiger partial charge is 0.293 e. The number of nitro benzene ring substituents is 1. The van der Waals surface area contributed by atoms with Crippen LogP contribution in [0.5, 0.6) is 0 Å². The molecule has 8 heteroatoms. The third-order valence-electron chi connectivity index (χ3n) is 2.50. The Morgan fingerprint density at radius 1 is 1.43 bits per heavy atom. The Kier molecular flexibility index (Phi) is 5.27. The molecule has 0 aromatic heterocycles. The van der Waals surface area contributed by atoms with Crippen molar-refractivity contribution in [2.45, 2.75) is 39.3 Å². The van der Waals surface area contributed by atoms with Gasteiger partial charge in [-0.25, -0.2) is 4.39 Å². The molecule has 116 valence electrons. The maximum absolute atomic E-state index is 13.5. The molecule has 0 saturated heterocycles. The summed E-state index contributed by atoms with van der Waals surface area (Å²) in [5.74, 6) is -0.980. The molecule has 0 radical (unpaired) electrons. The minimum absolute atomic E-state index is 0.00783. The second-order valence-corrected chi connectivity index (χ2v) is 6.50. The number of anilines is 1. The quantitative estimate of drug-likeness (QED) is 0.636. The summed E-state index contributed by atoms with van der Waals surface area (Å²) in [6, 6.07) is 1.30. The van der Waals surface area contributed by atoms with Crippen LogP contribution >= 0.6 is 15.9 Å². The minimum atomic E-state index is -0.747. The highest BCUT2D eigenvalue weighted by atomic mass is 79.9. The molecular weight excluding hydrogens is 345 g/mol. The van der Waals surface area contributed by atoms with E-state index in [4.69, 9.17) is 0 Å². The topological polar surface area (TPSA) is 84.3 Å². The third-order valence-corrected chi connectivity index (χ3v) is 3.11. The molecule has 0 bridgehead atoms. The number of carbonyl (C=O) groups is 1. The molecule has 0 aliphatic carbocycles. The van der Waals surface area contributed by atoms with Crippen LogP contribution in [0.15, 0.2) is 16.6 Å². The van der Waals surface area contributed by atoms with Gasteiger partial charge in [0.1, 0.15) is 17.5 Å². The Balaban J connectivity index is 2.99. The van der Waals surface area contributed by atoms with Crippen LogP contribution in [0.1, 0.15) is 27.7 Å². The zero-order valence-electron chi connectivity index (χ0n) is 12.2. The average molecular weight is 362 g/mol. The van der Waals surface area contributed by atoms with Gasteiger partial charge in [0.25, 0.3) is 5.69 Å². The van der Waals surface area contributed by atoms with Crippen molar-refractivity contribution in [3.8, 4) is 0 Å². The van der Waals surface area contributed by atoms with E-state index in [0.29, 0.717) is 0 Å². The first-order valence-corrected chi connectivity index (χ1v) is 7.02. The van der Waals surface area contributed by atoms with Crippen LogP contribution in [-0.4, -0.2) is 22.4 Å². The maximum atomic E-state index is 13.5. The molecule has 2 N–H and O–H groups in total. The first-order chi connectivity index (χ1) is 9.51. The van der Waals surface area contributed by atoms with Crippen molar-refractivity contribution in [3.05, 3.63) is 32.5 Å². The summed E-state index contributed by atoms with van der Waals surface area (Å²) >= 11 is 2.90. The fourth-order valence-corrected chi connectivity index (χ4v) is 1.91. The van der Waals surface area contributed by atoms with E-state index in [2.05, 4.69) is 26.6 Å². The van der Waals surface area contributed by atoms with Gasteiger partial charge in [-0.3, -0.25) is 14.9 Å². The van der Waals surface area contributed by atoms with Crippen LogP contribution < -0.4 is 10.6 Å². The lowest BCUT2D eigenvalue weighted by Crippen LogP contribution is -2.47. The molecule has 0 saturated carbocycles. The van der Waals surface area contributed by atoms with E-state index in [0.717, 1.165) is 12.1 Å². The van der Waals surface area contributed by atoms with Crippen molar-refractivity contribution >= 4 is 33.2 Å². The number of nitro groups is 1. The van der Waals surface area contributed by atoms with E-state index in [9.17, 15) is 19.3 Å². The van der Waals surface area contributed by atoms with Crippen LogP contribution in [0.4, 0.5) is 15.8 Å². The fraction of sp³-hybridized carbons (Fsp3) is 0.462. The minimum Gasteiger partial charge on any atom is -0.368 e. The molecule has 1 aromatic carbocycles. The fourth-order valence-electron chi connectivity index (χ4n) is 1.58. The number of nitrogens with one attached hydrogen (secondary N) is 2. The lowest BCUT2D eigenvalue weighted by molar-refractivity contribution is -0.384. The number of halogens is 2. The van der Waals surface area contributed by atoms with Crippen molar-refractivity contribution in [1.29, 1.82) is 0 Å². The van der Waals surface area contributed by atoms with Gasteiger partial charge in [0, 0.05) is 17.7 Å². The van der Waals surface area contributed by atoms with Crippen LogP contribution in [0, 0.1) is 15.9 Å². The molecule has 1 unspecified atom stereocenters. The monoisotopic (exact) mass is 361 g/mol. The van der Waals surface area contributed by atoms with Gasteiger partial charge in [0.2, 0.25) is 5.91 Å². The lowest BCUT2D eigenvalue weighted by atomic mass is 10.1. The molecule has 0 spiro atoms. The van der Waals surface area contributed by atoms with E-state index in [1.807, 2.05) is 20.8 Å². The van der Waals surface area contributed by atoms with Gasteiger partial charge in [-0.15, -0.1) is 0 Å². The number of rotatable bonds is 4. The Hall–Kier alpha value is -1.70. The van der Waals surface area contributed by atoms with Crippen LogP contribution in [-0.2, 0) is 4.79 Å². The maximum Gasteiger partial charge on any atom is 0.293 e. The molecule has 0 aliphatic heterocycles. The largest absolute Gasteiger partial charge is 0.368 e. The first kappa shape index (κ1) is 17.4. The molecule has 0 aliphatic rings. The molecule has 1 aromatic rings. The van der Waals surface area contributed by atoms with Crippen molar-refractivity contribution in [1.82, 2.24) is 5.32 Å². The zero-order chi connectivity index (χ0) is 16.4. The summed E-state index contributed by atoms with van der Waals surface area (Å²) in [6.07, 6.45) is 0. The summed E-state index contributed by atoms with van der Waals surface area (Å²) < 4.78 is 13.5. The van der Waals surface area contributed by atoms with Gasteiger partial charge in [0.05, 0.1) is 9.40 Å². The summed E-state index contributed by atoms with van der Waals surface area (Å²) in [5.41, 5.74) is -0.778. The number of benzene rings is 1. The standard InChI is InChI=1S/C13H17BrFN3O3/c1-7(12(19)17-13(2,3)4)16-10-6-9(15)8(14)5-11(10)18(20)21/h5-7,16H,1-4H3,(H,17,19). The first-order valence-electron chi connectivity index (χ1n) is 6.23. The van der Waals surface area contributed by atoms with Gasteiger partial charge < -0.3 is 10.6 Å². The summed E-state index contributed by atoms with van der Waals surface area (Å²) in [6.45, 7) is 7.00. The van der Waals surface area contributed by atoms with E-state index in [-0.39, 0.29) is 21.8 Å². The molecule has 6 nitrogen and oxygen atoms in total. The van der Waals surface area contributed by atoms with Gasteiger partial charge in [-0.1, -0.05) is 0 Å². The summed E-state index contributed by atoms with van der Waals surface area (Å²) in [7, 11) is 0. The predicted molar refractivity (Wildman–Crippen MR) is 81.7 cm³/mol. The lowest BCUT2D eigenvalue weighted by Gasteiger charge is -2.24. The molecular formula is C13H17BrFN3O3. The zero-order valence-corrected chi connectivity index (χ0v) is 13.7. The third kappa shape index (κ3) is 4.96. The number of hydrogen-bond acceptors (Lipinski definition) is 4. The average Bonchev–Trinajstić information content (AvgIpc) is 2.30. The second kappa shape index (κ2) is 6.38. The van der Waals surface area contributed by atoms with Crippen LogP contribution in [0.3, 0.4) is 0 Å². The predicted octanol–water partition coefficient (Wildman–Crippen LogP) is 3.21. The number of hydrogen-bond donors (Lipinski definition) is 2. The van der Waals surface area contributed by atoms with Crippen LogP contribution in [0.2, 0.25) is 0 Å². The Morgan fingerprint density at radius 3 is 2.48 bits per heavy atom. The highest BCUT2D eigenvalue weighted by molar-refractivity contribution is 9.10. The number of nitrogens with zero attached hydrogens (tertiary/aromatic N) is 1. The van der Waals surface area contributed by atoms with E-state index in [1.165, 1.54) is 0 Å². The highest BCUT2D eigenvalue weighted by Gasteiger charge is 2.23. The number of amides is 1.